The van der Waals surface area contributed by atoms with Gasteiger partial charge in [0.25, 0.3) is 0 Å². The minimum Gasteiger partial charge on any atom is -0.548 e. The van der Waals surface area contributed by atoms with Gasteiger partial charge in [0.1, 0.15) is 19.1 Å². The van der Waals surface area contributed by atoms with Crippen LogP contribution in [0, 0.1) is 11.3 Å². The third kappa shape index (κ3) is 3.79. The van der Waals surface area contributed by atoms with Crippen LogP contribution in [-0.4, -0.2) is 36.1 Å². The van der Waals surface area contributed by atoms with Gasteiger partial charge in [0, 0.05) is 5.56 Å². The summed E-state index contributed by atoms with van der Waals surface area (Å²) in [6.45, 7) is -0.000224. The van der Waals surface area contributed by atoms with E-state index in [0.717, 1.165) is 22.6 Å². The Kier molecular flexibility index (Phi) is 5.07. The molecule has 1 aliphatic rings. The van der Waals surface area contributed by atoms with Gasteiger partial charge in [0.2, 0.25) is 0 Å². The van der Waals surface area contributed by atoms with Crippen molar-refractivity contribution in [1.29, 1.82) is 5.26 Å². The lowest BCUT2D eigenvalue weighted by atomic mass is 10.1. The Bertz CT molecular complexity index is 1000. The predicted molar refractivity (Wildman–Crippen MR) is 94.0 cm³/mol. The molecule has 9 heteroatoms. The van der Waals surface area contributed by atoms with Crippen molar-refractivity contribution in [1.82, 2.24) is 0 Å². The highest BCUT2D eigenvalue weighted by Crippen LogP contribution is 2.37. The highest BCUT2D eigenvalue weighted by molar-refractivity contribution is 5.97. The Hall–Kier alpha value is -3.38. The maximum absolute atomic E-state index is 13.3. The Morgan fingerprint density at radius 2 is 1.93 bits per heavy atom. The fourth-order valence-electron chi connectivity index (χ4n) is 3.54. The summed E-state index contributed by atoms with van der Waals surface area (Å²) in [6.07, 6.45) is -4.83. The van der Waals surface area contributed by atoms with Gasteiger partial charge in [-0.3, -0.25) is 0 Å². The second-order valence-corrected chi connectivity index (χ2v) is 7.05. The number of carboxylic acids is 1. The Morgan fingerprint density at radius 3 is 2.48 bits per heavy atom. The van der Waals surface area contributed by atoms with Crippen LogP contribution in [0.25, 0.3) is 0 Å². The van der Waals surface area contributed by atoms with Crippen LogP contribution in [0.3, 0.4) is 0 Å². The molecule has 3 rings (SSSR count). The van der Waals surface area contributed by atoms with Crippen molar-refractivity contribution < 1.29 is 32.3 Å². The minimum atomic E-state index is -4.83. The number of quaternary nitrogens is 1. The van der Waals surface area contributed by atoms with Crippen molar-refractivity contribution in [3.05, 3.63) is 65.2 Å². The van der Waals surface area contributed by atoms with Crippen LogP contribution >= 0.6 is 0 Å². The number of likely N-dealkylation sites (N-methyl/N-ethyl adjacent to an activating group) is 1. The molecule has 2 amide bonds. The number of alkyl halides is 3. The van der Waals surface area contributed by atoms with Crippen molar-refractivity contribution in [2.75, 3.05) is 18.5 Å². The van der Waals surface area contributed by atoms with Gasteiger partial charge >= 0.3 is 12.2 Å². The topological polar surface area (TPSA) is 84.2 Å². The lowest BCUT2D eigenvalue weighted by Crippen LogP contribution is -2.47. The average Bonchev–Trinajstić information content (AvgIpc) is 2.92. The van der Waals surface area contributed by atoms with E-state index in [9.17, 15) is 27.9 Å². The van der Waals surface area contributed by atoms with Crippen LogP contribution < -0.4 is 10.0 Å². The number of hydrogen-bond acceptors (Lipinski definition) is 4. The van der Waals surface area contributed by atoms with Crippen LogP contribution in [0.4, 0.5) is 23.7 Å². The molecule has 150 valence electrons. The van der Waals surface area contributed by atoms with E-state index in [1.54, 1.807) is 30.3 Å². The van der Waals surface area contributed by atoms with Gasteiger partial charge in [0.15, 0.2) is 0 Å². The van der Waals surface area contributed by atoms with Gasteiger partial charge in [-0.25, -0.2) is 14.2 Å². The molecule has 0 aliphatic carbocycles. The SMILES string of the molecule is C[N+]1(Cc2ccccc2)CC(C(=O)[O-])N(c2ccc(C#N)c(C(F)(F)F)c2)C1=O. The standard InChI is InChI=1S/C20H16F3N3O3/c1-26(11-13-5-3-2-4-6-13)12-17(18(27)28)25(19(26)29)15-8-7-14(10-24)16(9-15)20(21,22)23/h2-9,17H,11-12H2,1H3. The number of amides is 2. The fourth-order valence-corrected chi connectivity index (χ4v) is 3.54. The number of carbonyl (C=O) groups excluding carboxylic acids is 2. The molecule has 0 spiro atoms. The molecule has 1 aliphatic heterocycles. The number of anilines is 1. The molecule has 2 aromatic carbocycles. The zero-order valence-electron chi connectivity index (χ0n) is 15.3. The summed E-state index contributed by atoms with van der Waals surface area (Å²) in [5.74, 6) is -1.56. The van der Waals surface area contributed by atoms with E-state index in [0.29, 0.717) is 6.07 Å². The number of nitriles is 1. The summed E-state index contributed by atoms with van der Waals surface area (Å²) in [7, 11) is 1.53. The van der Waals surface area contributed by atoms with E-state index < -0.39 is 35.3 Å². The molecule has 1 saturated heterocycles. The highest BCUT2D eigenvalue weighted by atomic mass is 19.4. The van der Waals surface area contributed by atoms with Crippen LogP contribution in [0.15, 0.2) is 48.5 Å². The quantitative estimate of drug-likeness (QED) is 0.734. The van der Waals surface area contributed by atoms with Crippen LogP contribution in [-0.2, 0) is 17.5 Å². The van der Waals surface area contributed by atoms with E-state index in [2.05, 4.69) is 0 Å². The Labute approximate surface area is 164 Å². The normalized spacial score (nSPS) is 21.8. The zero-order chi connectivity index (χ0) is 21.4. The number of halogens is 3. The monoisotopic (exact) mass is 403 g/mol. The number of carbonyl (C=O) groups is 2. The molecule has 0 aromatic heterocycles. The van der Waals surface area contributed by atoms with Gasteiger partial charge in [-0.15, -0.1) is 0 Å². The summed E-state index contributed by atoms with van der Waals surface area (Å²) < 4.78 is 39.6. The highest BCUT2D eigenvalue weighted by Gasteiger charge is 2.51. The first kappa shape index (κ1) is 20.4. The van der Waals surface area contributed by atoms with E-state index in [1.165, 1.54) is 13.1 Å². The molecule has 1 fully saturated rings. The molecular formula is C20H16F3N3O3. The van der Waals surface area contributed by atoms with Crippen LogP contribution in [0.1, 0.15) is 16.7 Å². The third-order valence-corrected chi connectivity index (χ3v) is 4.91. The first-order valence-corrected chi connectivity index (χ1v) is 8.61. The van der Waals surface area contributed by atoms with Crippen molar-refractivity contribution in [2.45, 2.75) is 18.8 Å². The maximum atomic E-state index is 13.3. The van der Waals surface area contributed by atoms with Gasteiger partial charge in [-0.1, -0.05) is 30.3 Å². The second-order valence-electron chi connectivity index (χ2n) is 7.05. The first-order valence-electron chi connectivity index (χ1n) is 8.61. The van der Waals surface area contributed by atoms with E-state index >= 15 is 0 Å². The van der Waals surface area contributed by atoms with E-state index in [1.807, 2.05) is 0 Å². The fraction of sp³-hybridized carbons (Fsp3) is 0.250. The van der Waals surface area contributed by atoms with Gasteiger partial charge in [-0.05, 0) is 18.2 Å². The van der Waals surface area contributed by atoms with Gasteiger partial charge < -0.3 is 9.90 Å². The Balaban J connectivity index is 2.05. The molecule has 2 unspecified atom stereocenters. The van der Waals surface area contributed by atoms with Crippen LogP contribution in [0.2, 0.25) is 0 Å². The third-order valence-electron chi connectivity index (χ3n) is 4.91. The molecule has 1 heterocycles. The number of carboxylic acid groups (broad SMARTS) is 1. The molecular weight excluding hydrogens is 387 g/mol. The molecule has 0 N–H and O–H groups in total. The average molecular weight is 403 g/mol. The number of benzene rings is 2. The van der Waals surface area contributed by atoms with Crippen molar-refractivity contribution in [3.8, 4) is 6.07 Å². The maximum Gasteiger partial charge on any atom is 0.424 e. The number of rotatable bonds is 4. The van der Waals surface area contributed by atoms with Crippen LogP contribution in [0.5, 0.6) is 0 Å². The predicted octanol–water partition coefficient (Wildman–Crippen LogP) is 2.28. The van der Waals surface area contributed by atoms with Gasteiger partial charge in [0.05, 0.1) is 35.9 Å². The molecule has 6 nitrogen and oxygen atoms in total. The minimum absolute atomic E-state index is 0.169. The number of nitrogens with zero attached hydrogens (tertiary/aromatic N) is 3. The summed E-state index contributed by atoms with van der Waals surface area (Å²) in [5.41, 5.74) is -1.31. The van der Waals surface area contributed by atoms with Crippen molar-refractivity contribution >= 4 is 17.7 Å². The number of aliphatic carboxylic acids is 1. The summed E-state index contributed by atoms with van der Waals surface area (Å²) >= 11 is 0. The van der Waals surface area contributed by atoms with E-state index in [-0.39, 0.29) is 23.3 Å². The first-order chi connectivity index (χ1) is 13.6. The second kappa shape index (κ2) is 7.22. The molecule has 29 heavy (non-hydrogen) atoms. The summed E-state index contributed by atoms with van der Waals surface area (Å²) in [6, 6.07) is 10.9. The molecule has 2 aromatic rings. The largest absolute Gasteiger partial charge is 0.548 e. The number of urea groups is 1. The molecule has 0 bridgehead atoms. The lowest BCUT2D eigenvalue weighted by Gasteiger charge is -2.26. The van der Waals surface area contributed by atoms with Gasteiger partial charge in [-0.2, -0.15) is 18.4 Å². The summed E-state index contributed by atoms with van der Waals surface area (Å²) in [5, 5.41) is 20.6. The lowest BCUT2D eigenvalue weighted by molar-refractivity contribution is -0.834. The molecule has 2 atom stereocenters. The van der Waals surface area contributed by atoms with Crippen molar-refractivity contribution in [2.24, 2.45) is 0 Å². The molecule has 0 saturated carbocycles. The van der Waals surface area contributed by atoms with E-state index in [4.69, 9.17) is 5.26 Å². The summed E-state index contributed by atoms with van der Waals surface area (Å²) in [4.78, 5) is 25.6. The molecule has 0 radical (unpaired) electrons. The smallest absolute Gasteiger partial charge is 0.424 e. The number of hydrogen-bond donors (Lipinski definition) is 0. The zero-order valence-corrected chi connectivity index (χ0v) is 15.3. The Morgan fingerprint density at radius 1 is 1.28 bits per heavy atom. The van der Waals surface area contributed by atoms with Crippen molar-refractivity contribution in [3.63, 3.8) is 0 Å².